The highest BCUT2D eigenvalue weighted by molar-refractivity contribution is 7.10. The Labute approximate surface area is 183 Å². The summed E-state index contributed by atoms with van der Waals surface area (Å²) in [7, 11) is 0. The monoisotopic (exact) mass is 443 g/mol. The number of allylic oxidation sites excluding steroid dienone is 1. The molecule has 2 aromatic heterocycles. The fraction of sp³-hybridized carbons (Fsp3) is 0.364. The summed E-state index contributed by atoms with van der Waals surface area (Å²) >= 11 is 1.64. The molecule has 1 aliphatic heterocycles. The number of para-hydroxylation sites is 2. The van der Waals surface area contributed by atoms with E-state index in [0.717, 1.165) is 15.9 Å². The van der Waals surface area contributed by atoms with Crippen LogP contribution < -0.4 is 5.32 Å². The summed E-state index contributed by atoms with van der Waals surface area (Å²) in [6.45, 7) is 1.16. The summed E-state index contributed by atoms with van der Waals surface area (Å²) in [5.74, 6) is 0.632. The van der Waals surface area contributed by atoms with Crippen LogP contribution in [-0.2, 0) is 25.5 Å². The fourth-order valence-corrected chi connectivity index (χ4v) is 4.17. The lowest BCUT2D eigenvalue weighted by atomic mass is 9.99. The quantitative estimate of drug-likeness (QED) is 0.416. The molecule has 0 aliphatic carbocycles. The molecule has 164 valence electrons. The van der Waals surface area contributed by atoms with Gasteiger partial charge in [-0.05, 0) is 29.7 Å². The first-order chi connectivity index (χ1) is 15.2. The van der Waals surface area contributed by atoms with Gasteiger partial charge in [-0.15, -0.1) is 11.3 Å². The van der Waals surface area contributed by atoms with Crippen LogP contribution in [0.2, 0.25) is 0 Å². The number of nitrogens with one attached hydrogen (secondary N) is 2. The summed E-state index contributed by atoms with van der Waals surface area (Å²) in [5.41, 5.74) is 1.78. The van der Waals surface area contributed by atoms with Crippen molar-refractivity contribution in [2.75, 3.05) is 26.4 Å². The van der Waals surface area contributed by atoms with Crippen molar-refractivity contribution in [2.45, 2.75) is 25.2 Å². The standard InChI is InChI=1S/C22H25N3O5S/c26-7-8-28-9-10-29-21-13-15(19-6-3-11-31-19)12-18(30-21)22(27)23-14-20-24-16-4-1-2-5-17(16)25-20/h1-6,11-12,15,21,26H,7-10,13-14H2,(H,23,27)(H,24,25)/t15-,21+/m0/s1. The van der Waals surface area contributed by atoms with Crippen LogP contribution in [0.4, 0.5) is 0 Å². The van der Waals surface area contributed by atoms with Gasteiger partial charge in [-0.3, -0.25) is 4.79 Å². The number of nitrogens with zero attached hydrogens (tertiary/aromatic N) is 1. The molecule has 3 aromatic rings. The number of aromatic nitrogens is 2. The second-order valence-electron chi connectivity index (χ2n) is 7.03. The molecule has 4 rings (SSSR count). The smallest absolute Gasteiger partial charge is 0.286 e. The Balaban J connectivity index is 1.39. The maximum Gasteiger partial charge on any atom is 0.286 e. The summed E-state index contributed by atoms with van der Waals surface area (Å²) in [4.78, 5) is 21.6. The molecule has 3 N–H and O–H groups in total. The molecule has 0 fully saturated rings. The Morgan fingerprint density at radius 1 is 1.26 bits per heavy atom. The third-order valence-corrected chi connectivity index (χ3v) is 5.82. The van der Waals surface area contributed by atoms with Crippen LogP contribution in [0, 0.1) is 0 Å². The molecule has 9 heteroatoms. The molecule has 3 heterocycles. The highest BCUT2D eigenvalue weighted by Crippen LogP contribution is 2.33. The third kappa shape index (κ3) is 5.71. The second kappa shape index (κ2) is 10.5. The van der Waals surface area contributed by atoms with Gasteiger partial charge in [-0.1, -0.05) is 18.2 Å². The van der Waals surface area contributed by atoms with E-state index in [1.807, 2.05) is 47.9 Å². The average Bonchev–Trinajstić information content (AvgIpc) is 3.47. The second-order valence-corrected chi connectivity index (χ2v) is 8.01. The van der Waals surface area contributed by atoms with E-state index < -0.39 is 6.29 Å². The minimum absolute atomic E-state index is 0.0291. The van der Waals surface area contributed by atoms with Crippen molar-refractivity contribution in [1.29, 1.82) is 0 Å². The maximum atomic E-state index is 12.8. The number of benzene rings is 1. The Morgan fingerprint density at radius 2 is 2.16 bits per heavy atom. The van der Waals surface area contributed by atoms with Crippen molar-refractivity contribution in [3.8, 4) is 0 Å². The van der Waals surface area contributed by atoms with Crippen molar-refractivity contribution in [3.05, 3.63) is 64.3 Å². The van der Waals surface area contributed by atoms with Crippen LogP contribution in [0.3, 0.4) is 0 Å². The van der Waals surface area contributed by atoms with E-state index in [1.54, 1.807) is 11.3 Å². The number of carbonyl (C=O) groups excluding carboxylic acids is 1. The van der Waals surface area contributed by atoms with Crippen molar-refractivity contribution < 1.29 is 24.1 Å². The predicted octanol–water partition coefficient (Wildman–Crippen LogP) is 2.68. The molecule has 0 unspecified atom stereocenters. The number of thiophene rings is 1. The van der Waals surface area contributed by atoms with Gasteiger partial charge >= 0.3 is 0 Å². The highest BCUT2D eigenvalue weighted by Gasteiger charge is 2.29. The van der Waals surface area contributed by atoms with Gasteiger partial charge in [0.2, 0.25) is 6.29 Å². The van der Waals surface area contributed by atoms with Gasteiger partial charge in [-0.25, -0.2) is 4.98 Å². The van der Waals surface area contributed by atoms with Crippen LogP contribution >= 0.6 is 11.3 Å². The molecule has 0 bridgehead atoms. The molecule has 0 radical (unpaired) electrons. The van der Waals surface area contributed by atoms with Crippen LogP contribution in [0.1, 0.15) is 23.0 Å². The molecule has 0 spiro atoms. The van der Waals surface area contributed by atoms with Gasteiger partial charge in [-0.2, -0.15) is 0 Å². The minimum atomic E-state index is -0.554. The number of carbonyl (C=O) groups is 1. The summed E-state index contributed by atoms with van der Waals surface area (Å²) in [6, 6.07) is 11.8. The van der Waals surface area contributed by atoms with E-state index in [-0.39, 0.29) is 37.3 Å². The largest absolute Gasteiger partial charge is 0.459 e. The summed E-state index contributed by atoms with van der Waals surface area (Å²) in [5, 5.41) is 13.7. The Morgan fingerprint density at radius 3 is 2.97 bits per heavy atom. The van der Waals surface area contributed by atoms with E-state index in [0.29, 0.717) is 25.5 Å². The van der Waals surface area contributed by atoms with Gasteiger partial charge < -0.3 is 29.6 Å². The number of fused-ring (bicyclic) bond motifs is 1. The molecule has 0 saturated carbocycles. The Bertz CT molecular complexity index is 984. The fourth-order valence-electron chi connectivity index (χ4n) is 3.36. The third-order valence-electron chi connectivity index (χ3n) is 4.81. The zero-order valence-electron chi connectivity index (χ0n) is 17.0. The minimum Gasteiger partial charge on any atom is -0.459 e. The van der Waals surface area contributed by atoms with E-state index in [9.17, 15) is 4.79 Å². The predicted molar refractivity (Wildman–Crippen MR) is 116 cm³/mol. The zero-order valence-corrected chi connectivity index (χ0v) is 17.8. The number of hydrogen-bond donors (Lipinski definition) is 3. The Kier molecular flexibility index (Phi) is 7.31. The molecule has 1 amide bonds. The number of aliphatic hydroxyl groups is 1. The SMILES string of the molecule is O=C(NCc1nc2ccccc2[nH]1)C1=C[C@H](c2cccs2)C[C@H](OCCOCCO)O1. The molecule has 1 aliphatic rings. The van der Waals surface area contributed by atoms with Crippen molar-refractivity contribution in [1.82, 2.24) is 15.3 Å². The number of aromatic amines is 1. The van der Waals surface area contributed by atoms with Crippen LogP contribution in [0.5, 0.6) is 0 Å². The molecule has 0 saturated heterocycles. The van der Waals surface area contributed by atoms with Crippen molar-refractivity contribution >= 4 is 28.3 Å². The van der Waals surface area contributed by atoms with Crippen molar-refractivity contribution in [3.63, 3.8) is 0 Å². The van der Waals surface area contributed by atoms with E-state index in [2.05, 4.69) is 15.3 Å². The van der Waals surface area contributed by atoms with Gasteiger partial charge in [0.1, 0.15) is 5.82 Å². The lowest BCUT2D eigenvalue weighted by molar-refractivity contribution is -0.151. The molecule has 1 aromatic carbocycles. The van der Waals surface area contributed by atoms with Crippen LogP contribution in [-0.4, -0.2) is 53.7 Å². The lowest BCUT2D eigenvalue weighted by Crippen LogP contribution is -2.33. The topological polar surface area (TPSA) is 106 Å². The molecule has 31 heavy (non-hydrogen) atoms. The normalized spacial score (nSPS) is 18.5. The number of rotatable bonds is 10. The van der Waals surface area contributed by atoms with E-state index in [4.69, 9.17) is 19.3 Å². The number of imidazole rings is 1. The number of ether oxygens (including phenoxy) is 3. The average molecular weight is 444 g/mol. The van der Waals surface area contributed by atoms with Crippen LogP contribution in [0.25, 0.3) is 11.0 Å². The number of H-pyrrole nitrogens is 1. The summed E-state index contributed by atoms with van der Waals surface area (Å²) < 4.78 is 16.8. The number of aliphatic hydroxyl groups excluding tert-OH is 1. The van der Waals surface area contributed by atoms with E-state index in [1.165, 1.54) is 0 Å². The molecule has 2 atom stereocenters. The Hall–Kier alpha value is -2.72. The van der Waals surface area contributed by atoms with Crippen molar-refractivity contribution in [2.24, 2.45) is 0 Å². The first kappa shape index (κ1) is 21.5. The zero-order chi connectivity index (χ0) is 21.5. The first-order valence-electron chi connectivity index (χ1n) is 10.2. The van der Waals surface area contributed by atoms with Gasteiger partial charge in [0.25, 0.3) is 5.91 Å². The summed E-state index contributed by atoms with van der Waals surface area (Å²) in [6.07, 6.45) is 1.91. The van der Waals surface area contributed by atoms with Crippen LogP contribution in [0.15, 0.2) is 53.6 Å². The number of amides is 1. The maximum absolute atomic E-state index is 12.8. The molecular weight excluding hydrogens is 418 g/mol. The van der Waals surface area contributed by atoms with Gasteiger partial charge in [0.15, 0.2) is 5.76 Å². The highest BCUT2D eigenvalue weighted by atomic mass is 32.1. The molecular formula is C22H25N3O5S. The number of hydrogen-bond acceptors (Lipinski definition) is 7. The van der Waals surface area contributed by atoms with Gasteiger partial charge in [0.05, 0.1) is 44.0 Å². The molecule has 8 nitrogen and oxygen atoms in total. The lowest BCUT2D eigenvalue weighted by Gasteiger charge is -2.28. The van der Waals surface area contributed by atoms with E-state index >= 15 is 0 Å². The first-order valence-corrected chi connectivity index (χ1v) is 11.0. The van der Waals surface area contributed by atoms with Gasteiger partial charge in [0, 0.05) is 17.2 Å².